The molecule has 24 heavy (non-hydrogen) atoms. The summed E-state index contributed by atoms with van der Waals surface area (Å²) in [6.45, 7) is -0.0853. The summed E-state index contributed by atoms with van der Waals surface area (Å²) in [6.07, 6.45) is -4.43. The van der Waals surface area contributed by atoms with E-state index in [4.69, 9.17) is 0 Å². The predicted molar refractivity (Wildman–Crippen MR) is 84.8 cm³/mol. The number of amides is 1. The van der Waals surface area contributed by atoms with E-state index in [0.29, 0.717) is 4.47 Å². The highest BCUT2D eigenvalue weighted by molar-refractivity contribution is 9.10. The molecule has 2 rings (SSSR count). The van der Waals surface area contributed by atoms with Crippen LogP contribution in [0.25, 0.3) is 0 Å². The number of hydrogen-bond acceptors (Lipinski definition) is 1. The third-order valence-corrected chi connectivity index (χ3v) is 3.62. The van der Waals surface area contributed by atoms with E-state index in [1.54, 1.807) is 0 Å². The summed E-state index contributed by atoms with van der Waals surface area (Å²) >= 11 is 3.13. The van der Waals surface area contributed by atoms with Crippen LogP contribution in [0.4, 0.5) is 17.6 Å². The fraction of sp³-hybridized carbons (Fsp3) is 0.118. The van der Waals surface area contributed by atoms with E-state index in [-0.39, 0.29) is 17.7 Å². The van der Waals surface area contributed by atoms with Gasteiger partial charge in [-0.2, -0.15) is 13.2 Å². The summed E-state index contributed by atoms with van der Waals surface area (Å²) < 4.78 is 51.3. The van der Waals surface area contributed by atoms with Gasteiger partial charge in [0.2, 0.25) is 0 Å². The fourth-order valence-corrected chi connectivity index (χ4v) is 2.24. The van der Waals surface area contributed by atoms with Gasteiger partial charge in [-0.1, -0.05) is 17.9 Å². The topological polar surface area (TPSA) is 29.1 Å². The van der Waals surface area contributed by atoms with Gasteiger partial charge < -0.3 is 5.32 Å². The normalized spacial score (nSPS) is 10.7. The van der Waals surface area contributed by atoms with Crippen LogP contribution in [0.3, 0.4) is 0 Å². The Bertz CT molecular complexity index is 821. The van der Waals surface area contributed by atoms with Crippen molar-refractivity contribution in [1.82, 2.24) is 5.32 Å². The van der Waals surface area contributed by atoms with Crippen molar-refractivity contribution in [1.29, 1.82) is 0 Å². The van der Waals surface area contributed by atoms with Crippen LogP contribution in [0.1, 0.15) is 21.5 Å². The average molecular weight is 400 g/mol. The van der Waals surface area contributed by atoms with Crippen molar-refractivity contribution in [2.75, 3.05) is 6.54 Å². The summed E-state index contributed by atoms with van der Waals surface area (Å²) in [5.41, 5.74) is -0.496. The van der Waals surface area contributed by atoms with E-state index in [1.165, 1.54) is 24.3 Å². The van der Waals surface area contributed by atoms with E-state index >= 15 is 0 Å². The zero-order valence-corrected chi connectivity index (χ0v) is 13.6. The molecule has 0 aromatic heterocycles. The van der Waals surface area contributed by atoms with Crippen LogP contribution < -0.4 is 5.32 Å². The molecule has 0 spiro atoms. The molecule has 0 bridgehead atoms. The van der Waals surface area contributed by atoms with Crippen molar-refractivity contribution < 1.29 is 22.4 Å². The van der Waals surface area contributed by atoms with Gasteiger partial charge in [-0.15, -0.1) is 0 Å². The highest BCUT2D eigenvalue weighted by Crippen LogP contribution is 2.29. The fourth-order valence-electron chi connectivity index (χ4n) is 1.81. The second kappa shape index (κ2) is 7.49. The van der Waals surface area contributed by atoms with Crippen LogP contribution in [-0.4, -0.2) is 12.5 Å². The van der Waals surface area contributed by atoms with Crippen LogP contribution in [0.15, 0.2) is 46.9 Å². The number of rotatable bonds is 2. The van der Waals surface area contributed by atoms with Crippen LogP contribution in [0.5, 0.6) is 0 Å². The first-order chi connectivity index (χ1) is 11.3. The third kappa shape index (κ3) is 4.83. The molecule has 1 amide bonds. The molecule has 0 saturated heterocycles. The Balaban J connectivity index is 2.02. The first-order valence-electron chi connectivity index (χ1n) is 6.67. The number of benzene rings is 2. The maximum Gasteiger partial charge on any atom is 0.416 e. The van der Waals surface area contributed by atoms with Crippen molar-refractivity contribution in [2.24, 2.45) is 0 Å². The van der Waals surface area contributed by atoms with Gasteiger partial charge in [0.05, 0.1) is 17.7 Å². The lowest BCUT2D eigenvalue weighted by Crippen LogP contribution is -2.24. The van der Waals surface area contributed by atoms with E-state index < -0.39 is 23.5 Å². The Labute approximate surface area is 144 Å². The largest absolute Gasteiger partial charge is 0.416 e. The quantitative estimate of drug-likeness (QED) is 0.588. The van der Waals surface area contributed by atoms with Gasteiger partial charge in [0.1, 0.15) is 5.82 Å². The Kier molecular flexibility index (Phi) is 5.62. The molecular formula is C17H10BrF4NO. The Hall–Kier alpha value is -2.33. The molecule has 0 fully saturated rings. The van der Waals surface area contributed by atoms with E-state index in [2.05, 4.69) is 33.1 Å². The molecular weight excluding hydrogens is 390 g/mol. The summed E-state index contributed by atoms with van der Waals surface area (Å²) in [6, 6.07) is 8.25. The molecule has 0 atom stereocenters. The Morgan fingerprint density at radius 2 is 1.92 bits per heavy atom. The molecule has 0 aliphatic heterocycles. The molecule has 1 N–H and O–H groups in total. The molecule has 7 heteroatoms. The van der Waals surface area contributed by atoms with Crippen molar-refractivity contribution in [3.63, 3.8) is 0 Å². The van der Waals surface area contributed by atoms with Gasteiger partial charge in [0.25, 0.3) is 5.91 Å². The lowest BCUT2D eigenvalue weighted by molar-refractivity contribution is -0.137. The molecule has 2 aromatic carbocycles. The number of hydrogen-bond donors (Lipinski definition) is 1. The van der Waals surface area contributed by atoms with Gasteiger partial charge in [-0.3, -0.25) is 4.79 Å². The number of carbonyl (C=O) groups excluding carboxylic acids is 1. The zero-order valence-electron chi connectivity index (χ0n) is 12.0. The summed E-state index contributed by atoms with van der Waals surface area (Å²) in [7, 11) is 0. The van der Waals surface area contributed by atoms with Gasteiger partial charge >= 0.3 is 6.18 Å². The molecule has 0 unspecified atom stereocenters. The summed E-state index contributed by atoms with van der Waals surface area (Å²) in [4.78, 5) is 11.9. The monoisotopic (exact) mass is 399 g/mol. The molecule has 2 nitrogen and oxygen atoms in total. The highest BCUT2D eigenvalue weighted by atomic mass is 79.9. The zero-order chi connectivity index (χ0) is 17.7. The minimum absolute atomic E-state index is 0.0853. The molecule has 0 saturated carbocycles. The van der Waals surface area contributed by atoms with Crippen LogP contribution in [-0.2, 0) is 6.18 Å². The number of carbonyl (C=O) groups is 1. The first-order valence-corrected chi connectivity index (χ1v) is 7.46. The predicted octanol–water partition coefficient (Wildman–Crippen LogP) is 4.39. The first kappa shape index (κ1) is 18.0. The van der Waals surface area contributed by atoms with Gasteiger partial charge in [-0.05, 0) is 52.3 Å². The maximum absolute atomic E-state index is 13.1. The van der Waals surface area contributed by atoms with Crippen molar-refractivity contribution in [3.8, 4) is 11.8 Å². The minimum atomic E-state index is -4.43. The molecule has 0 aliphatic carbocycles. The van der Waals surface area contributed by atoms with Crippen molar-refractivity contribution in [2.45, 2.75) is 6.18 Å². The van der Waals surface area contributed by atoms with Crippen molar-refractivity contribution >= 4 is 21.8 Å². The van der Waals surface area contributed by atoms with Gasteiger partial charge in [-0.25, -0.2) is 4.39 Å². The number of halogens is 5. The maximum atomic E-state index is 13.1. The Morgan fingerprint density at radius 1 is 1.17 bits per heavy atom. The van der Waals surface area contributed by atoms with Gasteiger partial charge in [0.15, 0.2) is 0 Å². The lowest BCUT2D eigenvalue weighted by Gasteiger charge is -2.06. The van der Waals surface area contributed by atoms with Crippen molar-refractivity contribution in [3.05, 3.63) is 69.4 Å². The molecule has 124 valence electrons. The van der Waals surface area contributed by atoms with Gasteiger partial charge in [0, 0.05) is 10.0 Å². The van der Waals surface area contributed by atoms with E-state index in [9.17, 15) is 22.4 Å². The van der Waals surface area contributed by atoms with E-state index in [1.807, 2.05) is 0 Å². The van der Waals surface area contributed by atoms with Crippen LogP contribution in [0, 0.1) is 17.7 Å². The summed E-state index contributed by atoms with van der Waals surface area (Å²) in [5.74, 6) is 4.00. The third-order valence-electron chi connectivity index (χ3n) is 2.93. The van der Waals surface area contributed by atoms with Crippen LogP contribution >= 0.6 is 15.9 Å². The average Bonchev–Trinajstić information content (AvgIpc) is 2.53. The SMILES string of the molecule is O=C(NCC#Cc1cccc(C(F)(F)F)c1)c1cc(F)ccc1Br. The minimum Gasteiger partial charge on any atom is -0.341 e. The second-order valence-electron chi connectivity index (χ2n) is 4.69. The molecule has 0 heterocycles. The highest BCUT2D eigenvalue weighted by Gasteiger charge is 2.30. The summed E-state index contributed by atoms with van der Waals surface area (Å²) in [5, 5.41) is 2.45. The lowest BCUT2D eigenvalue weighted by atomic mass is 10.1. The van der Waals surface area contributed by atoms with E-state index in [0.717, 1.165) is 18.2 Å². The smallest absolute Gasteiger partial charge is 0.341 e. The molecule has 0 aliphatic rings. The second-order valence-corrected chi connectivity index (χ2v) is 5.54. The standard InChI is InChI=1S/C17H10BrF4NO/c18-15-7-6-13(19)10-14(15)16(24)23-8-2-4-11-3-1-5-12(9-11)17(20,21)22/h1,3,5-7,9-10H,8H2,(H,23,24). The molecule has 0 radical (unpaired) electrons. The van der Waals surface area contributed by atoms with Crippen LogP contribution in [0.2, 0.25) is 0 Å². The number of alkyl halides is 3. The number of nitrogens with one attached hydrogen (secondary N) is 1. The molecule has 2 aromatic rings. The Morgan fingerprint density at radius 3 is 2.62 bits per heavy atom.